The summed E-state index contributed by atoms with van der Waals surface area (Å²) in [4.78, 5) is 22.8. The molecule has 0 aliphatic heterocycles. The summed E-state index contributed by atoms with van der Waals surface area (Å²) in [6.45, 7) is 0. The van der Waals surface area contributed by atoms with Crippen molar-refractivity contribution in [2.75, 3.05) is 5.75 Å². The summed E-state index contributed by atoms with van der Waals surface area (Å²) in [5.74, 6) is -0.243. The Morgan fingerprint density at radius 1 is 1.30 bits per heavy atom. The Morgan fingerprint density at radius 2 is 2.00 bits per heavy atom. The van der Waals surface area contributed by atoms with E-state index in [1.165, 1.54) is 11.8 Å². The van der Waals surface area contributed by atoms with Gasteiger partial charge in [0.1, 0.15) is 5.25 Å². The molecular weight excluding hydrogens is 274 g/mol. The third-order valence-corrected chi connectivity index (χ3v) is 4.34. The van der Waals surface area contributed by atoms with E-state index in [9.17, 15) is 14.7 Å². The van der Waals surface area contributed by atoms with Gasteiger partial charge in [0.25, 0.3) is 0 Å². The molecule has 2 N–H and O–H groups in total. The van der Waals surface area contributed by atoms with Crippen LogP contribution in [0.1, 0.15) is 24.8 Å². The van der Waals surface area contributed by atoms with Crippen molar-refractivity contribution in [3.8, 4) is 0 Å². The van der Waals surface area contributed by atoms with Gasteiger partial charge in [0, 0.05) is 18.2 Å². The second kappa shape index (κ2) is 7.33. The second-order valence-corrected chi connectivity index (χ2v) is 6.29. The minimum absolute atomic E-state index is 0.0313. The molecule has 2 rings (SSSR count). The van der Waals surface area contributed by atoms with E-state index in [4.69, 9.17) is 0 Å². The van der Waals surface area contributed by atoms with Gasteiger partial charge in [-0.1, -0.05) is 30.3 Å². The van der Waals surface area contributed by atoms with Crippen molar-refractivity contribution in [2.45, 2.75) is 37.0 Å². The van der Waals surface area contributed by atoms with E-state index in [0.29, 0.717) is 24.6 Å². The van der Waals surface area contributed by atoms with Crippen molar-refractivity contribution in [3.63, 3.8) is 0 Å². The number of aliphatic carboxylic acids is 1. The Hall–Kier alpha value is -1.49. The predicted molar refractivity (Wildman–Crippen MR) is 79.8 cm³/mol. The van der Waals surface area contributed by atoms with E-state index >= 15 is 0 Å². The lowest BCUT2D eigenvalue weighted by Crippen LogP contribution is -2.26. The van der Waals surface area contributed by atoms with Gasteiger partial charge in [-0.2, -0.15) is 0 Å². The minimum Gasteiger partial charge on any atom is -0.480 e. The number of carbonyl (C=O) groups is 2. The number of thioether (sulfide) groups is 1. The van der Waals surface area contributed by atoms with E-state index in [-0.39, 0.29) is 5.91 Å². The van der Waals surface area contributed by atoms with Gasteiger partial charge >= 0.3 is 5.97 Å². The maximum atomic E-state index is 11.5. The smallest absolute Gasteiger partial charge is 0.316 e. The molecule has 1 unspecified atom stereocenters. The molecular formula is C15H19NO3S. The maximum absolute atomic E-state index is 11.5. The molecule has 0 aromatic heterocycles. The normalized spacial score (nSPS) is 15.6. The van der Waals surface area contributed by atoms with Crippen LogP contribution in [0.3, 0.4) is 0 Å². The molecule has 0 spiro atoms. The number of rotatable bonds is 8. The molecule has 0 radical (unpaired) electrons. The number of carboxylic acid groups (broad SMARTS) is 1. The predicted octanol–water partition coefficient (Wildman–Crippen LogP) is 2.08. The first-order chi connectivity index (χ1) is 9.65. The molecule has 4 nitrogen and oxygen atoms in total. The van der Waals surface area contributed by atoms with Crippen LogP contribution in [0.15, 0.2) is 30.3 Å². The molecule has 0 bridgehead atoms. The highest BCUT2D eigenvalue weighted by Crippen LogP contribution is 2.20. The van der Waals surface area contributed by atoms with Crippen molar-refractivity contribution >= 4 is 23.6 Å². The summed E-state index contributed by atoms with van der Waals surface area (Å²) in [6, 6.07) is 9.94. The van der Waals surface area contributed by atoms with Gasteiger partial charge in [0.2, 0.25) is 5.91 Å². The fourth-order valence-electron chi connectivity index (χ4n) is 1.87. The van der Waals surface area contributed by atoms with Crippen molar-refractivity contribution in [1.82, 2.24) is 5.32 Å². The monoisotopic (exact) mass is 293 g/mol. The fraction of sp³-hybridized carbons (Fsp3) is 0.467. The van der Waals surface area contributed by atoms with Crippen LogP contribution < -0.4 is 5.32 Å². The molecule has 20 heavy (non-hydrogen) atoms. The maximum Gasteiger partial charge on any atom is 0.316 e. The number of hydrogen-bond acceptors (Lipinski definition) is 3. The van der Waals surface area contributed by atoms with Crippen molar-refractivity contribution in [3.05, 3.63) is 35.9 Å². The molecule has 1 amide bonds. The molecule has 1 saturated carbocycles. The molecule has 1 fully saturated rings. The number of amides is 1. The molecule has 1 aliphatic carbocycles. The third-order valence-electron chi connectivity index (χ3n) is 3.13. The second-order valence-electron chi connectivity index (χ2n) is 4.98. The zero-order valence-electron chi connectivity index (χ0n) is 11.2. The van der Waals surface area contributed by atoms with Gasteiger partial charge in [-0.3, -0.25) is 9.59 Å². The molecule has 1 aromatic carbocycles. The highest BCUT2D eigenvalue weighted by molar-refractivity contribution is 8.00. The Morgan fingerprint density at radius 3 is 2.60 bits per heavy atom. The average molecular weight is 293 g/mol. The molecule has 0 heterocycles. The number of hydrogen-bond donors (Lipinski definition) is 2. The van der Waals surface area contributed by atoms with Crippen LogP contribution in [-0.4, -0.2) is 34.0 Å². The molecule has 5 heteroatoms. The number of nitrogens with one attached hydrogen (secondary N) is 1. The topological polar surface area (TPSA) is 66.4 Å². The first-order valence-corrected chi connectivity index (χ1v) is 7.87. The summed E-state index contributed by atoms with van der Waals surface area (Å²) in [5, 5.41) is 11.6. The van der Waals surface area contributed by atoms with Crippen molar-refractivity contribution < 1.29 is 14.7 Å². The van der Waals surface area contributed by atoms with E-state index in [1.807, 2.05) is 30.3 Å². The number of benzene rings is 1. The van der Waals surface area contributed by atoms with Crippen molar-refractivity contribution in [1.29, 1.82) is 0 Å². The quantitative estimate of drug-likeness (QED) is 0.770. The standard InChI is InChI=1S/C15H19NO3S/c17-14(16-12-6-7-12)8-9-20-13(15(18)19)10-11-4-2-1-3-5-11/h1-5,12-13H,6-10H2,(H,16,17)(H,18,19). The molecule has 1 aliphatic rings. The Labute approximate surface area is 123 Å². The highest BCUT2D eigenvalue weighted by atomic mass is 32.2. The number of carboxylic acids is 1. The van der Waals surface area contributed by atoms with Crippen LogP contribution in [0.2, 0.25) is 0 Å². The summed E-state index contributed by atoms with van der Waals surface area (Å²) in [6.07, 6.45) is 3.03. The lowest BCUT2D eigenvalue weighted by molar-refractivity contribution is -0.136. The number of carbonyl (C=O) groups excluding carboxylic acids is 1. The molecule has 1 atom stereocenters. The molecule has 108 valence electrons. The summed E-state index contributed by atoms with van der Waals surface area (Å²) < 4.78 is 0. The summed E-state index contributed by atoms with van der Waals surface area (Å²) in [5.41, 5.74) is 1.01. The summed E-state index contributed by atoms with van der Waals surface area (Å²) >= 11 is 1.34. The van der Waals surface area contributed by atoms with Gasteiger partial charge in [0.05, 0.1) is 0 Å². The Balaban J connectivity index is 1.74. The SMILES string of the molecule is O=C(CCSC(Cc1ccccc1)C(=O)O)NC1CC1. The van der Waals surface area contributed by atoms with Gasteiger partial charge in [0.15, 0.2) is 0 Å². The van der Waals surface area contributed by atoms with Crippen LogP contribution in [0.5, 0.6) is 0 Å². The third kappa shape index (κ3) is 5.25. The van der Waals surface area contributed by atoms with E-state index in [2.05, 4.69) is 5.32 Å². The minimum atomic E-state index is -0.818. The van der Waals surface area contributed by atoms with Gasteiger partial charge in [-0.25, -0.2) is 0 Å². The average Bonchev–Trinajstić information content (AvgIpc) is 3.22. The lowest BCUT2D eigenvalue weighted by Gasteiger charge is -2.12. The molecule has 1 aromatic rings. The van der Waals surface area contributed by atoms with Crippen LogP contribution in [0.25, 0.3) is 0 Å². The van der Waals surface area contributed by atoms with E-state index in [0.717, 1.165) is 18.4 Å². The highest BCUT2D eigenvalue weighted by Gasteiger charge is 2.23. The fourth-order valence-corrected chi connectivity index (χ4v) is 2.91. The van der Waals surface area contributed by atoms with Crippen LogP contribution in [0.4, 0.5) is 0 Å². The van der Waals surface area contributed by atoms with Gasteiger partial charge < -0.3 is 10.4 Å². The van der Waals surface area contributed by atoms with Crippen molar-refractivity contribution in [2.24, 2.45) is 0 Å². The zero-order chi connectivity index (χ0) is 14.4. The Bertz CT molecular complexity index is 459. The van der Waals surface area contributed by atoms with Crippen LogP contribution in [0, 0.1) is 0 Å². The van der Waals surface area contributed by atoms with Crippen LogP contribution >= 0.6 is 11.8 Å². The largest absolute Gasteiger partial charge is 0.480 e. The zero-order valence-corrected chi connectivity index (χ0v) is 12.1. The lowest BCUT2D eigenvalue weighted by atomic mass is 10.1. The van der Waals surface area contributed by atoms with E-state index in [1.54, 1.807) is 0 Å². The van der Waals surface area contributed by atoms with E-state index < -0.39 is 11.2 Å². The molecule has 0 saturated heterocycles. The summed E-state index contributed by atoms with van der Waals surface area (Å²) in [7, 11) is 0. The first kappa shape index (κ1) is 14.9. The van der Waals surface area contributed by atoms with Crippen LogP contribution in [-0.2, 0) is 16.0 Å². The van der Waals surface area contributed by atoms with Gasteiger partial charge in [-0.05, 0) is 24.8 Å². The van der Waals surface area contributed by atoms with Gasteiger partial charge in [-0.15, -0.1) is 11.8 Å². The first-order valence-electron chi connectivity index (χ1n) is 6.83. The Kier molecular flexibility index (Phi) is 5.47.